The summed E-state index contributed by atoms with van der Waals surface area (Å²) in [4.78, 5) is 27.0. The van der Waals surface area contributed by atoms with Crippen molar-refractivity contribution >= 4 is 11.9 Å². The van der Waals surface area contributed by atoms with E-state index < -0.39 is 5.97 Å². The average molecular weight is 302 g/mol. The van der Waals surface area contributed by atoms with Crippen LogP contribution in [0.15, 0.2) is 42.6 Å². The fourth-order valence-corrected chi connectivity index (χ4v) is 1.87. The molecule has 0 saturated carbocycles. The first kappa shape index (κ1) is 15.6. The van der Waals surface area contributed by atoms with Crippen molar-refractivity contribution in [1.29, 1.82) is 0 Å². The van der Waals surface area contributed by atoms with E-state index in [1.54, 1.807) is 18.2 Å². The number of carbonyl (C=O) groups is 2. The molecule has 0 radical (unpaired) electrons. The molecular formula is C16H15FN2O3. The van der Waals surface area contributed by atoms with Gasteiger partial charge in [-0.3, -0.25) is 9.78 Å². The maximum Gasteiger partial charge on any atom is 0.339 e. The third kappa shape index (κ3) is 3.88. The number of pyridine rings is 1. The van der Waals surface area contributed by atoms with Gasteiger partial charge in [-0.25, -0.2) is 9.18 Å². The fraction of sp³-hybridized carbons (Fsp3) is 0.188. The number of hydrogen-bond acceptors (Lipinski definition) is 4. The lowest BCUT2D eigenvalue weighted by Gasteiger charge is -2.06. The van der Waals surface area contributed by atoms with E-state index in [4.69, 9.17) is 0 Å². The molecular weight excluding hydrogens is 287 g/mol. The Hall–Kier alpha value is -2.76. The molecule has 0 unspecified atom stereocenters. The van der Waals surface area contributed by atoms with Gasteiger partial charge in [0, 0.05) is 12.7 Å². The van der Waals surface area contributed by atoms with Crippen LogP contribution in [-0.4, -0.2) is 30.5 Å². The minimum Gasteiger partial charge on any atom is -0.465 e. The summed E-state index contributed by atoms with van der Waals surface area (Å²) in [6, 6.07) is 9.31. The van der Waals surface area contributed by atoms with Crippen molar-refractivity contribution in [2.75, 3.05) is 13.7 Å². The van der Waals surface area contributed by atoms with E-state index in [9.17, 15) is 14.0 Å². The highest BCUT2D eigenvalue weighted by Gasteiger charge is 2.10. The van der Waals surface area contributed by atoms with Gasteiger partial charge in [-0.2, -0.15) is 0 Å². The third-order valence-electron chi connectivity index (χ3n) is 3.05. The van der Waals surface area contributed by atoms with Crippen molar-refractivity contribution < 1.29 is 18.7 Å². The molecule has 114 valence electrons. The van der Waals surface area contributed by atoms with Crippen molar-refractivity contribution in [3.63, 3.8) is 0 Å². The lowest BCUT2D eigenvalue weighted by atomic mass is 10.1. The van der Waals surface area contributed by atoms with Gasteiger partial charge in [0.1, 0.15) is 11.5 Å². The van der Waals surface area contributed by atoms with E-state index >= 15 is 0 Å². The van der Waals surface area contributed by atoms with Crippen LogP contribution in [0.4, 0.5) is 4.39 Å². The molecule has 0 aliphatic heterocycles. The number of rotatable bonds is 5. The van der Waals surface area contributed by atoms with Crippen molar-refractivity contribution in [2.24, 2.45) is 0 Å². The van der Waals surface area contributed by atoms with Crippen LogP contribution >= 0.6 is 0 Å². The number of benzene rings is 1. The van der Waals surface area contributed by atoms with Gasteiger partial charge in [-0.1, -0.05) is 18.2 Å². The van der Waals surface area contributed by atoms with Crippen LogP contribution in [0, 0.1) is 5.82 Å². The lowest BCUT2D eigenvalue weighted by Crippen LogP contribution is -2.26. The highest BCUT2D eigenvalue weighted by atomic mass is 19.1. The number of nitrogens with one attached hydrogen (secondary N) is 1. The number of ether oxygens (including phenoxy) is 1. The third-order valence-corrected chi connectivity index (χ3v) is 3.05. The second-order valence-electron chi connectivity index (χ2n) is 4.52. The molecule has 0 saturated heterocycles. The zero-order valence-electron chi connectivity index (χ0n) is 12.0. The van der Waals surface area contributed by atoms with E-state index in [2.05, 4.69) is 15.0 Å². The second-order valence-corrected chi connectivity index (χ2v) is 4.52. The molecule has 1 aromatic carbocycles. The van der Waals surface area contributed by atoms with E-state index in [1.165, 1.54) is 31.5 Å². The largest absolute Gasteiger partial charge is 0.465 e. The number of aromatic nitrogens is 1. The van der Waals surface area contributed by atoms with E-state index in [0.29, 0.717) is 18.5 Å². The van der Waals surface area contributed by atoms with Crippen LogP contribution in [0.25, 0.3) is 0 Å². The summed E-state index contributed by atoms with van der Waals surface area (Å²) in [6.07, 6.45) is 1.66. The van der Waals surface area contributed by atoms with Crippen molar-refractivity contribution in [2.45, 2.75) is 6.42 Å². The predicted molar refractivity (Wildman–Crippen MR) is 78.0 cm³/mol. The Morgan fingerprint density at radius 3 is 2.64 bits per heavy atom. The summed E-state index contributed by atoms with van der Waals surface area (Å²) >= 11 is 0. The molecule has 0 aliphatic carbocycles. The SMILES string of the molecule is COC(=O)c1ccc(C(=O)NCCc2ccccc2F)nc1. The Morgan fingerprint density at radius 1 is 1.23 bits per heavy atom. The molecule has 2 aromatic rings. The number of amides is 1. The Kier molecular flexibility index (Phi) is 5.19. The summed E-state index contributed by atoms with van der Waals surface area (Å²) < 4.78 is 18.0. The molecule has 0 spiro atoms. The molecule has 0 fully saturated rings. The van der Waals surface area contributed by atoms with Crippen LogP contribution in [0.5, 0.6) is 0 Å². The maximum absolute atomic E-state index is 13.4. The summed E-state index contributed by atoms with van der Waals surface area (Å²) in [6.45, 7) is 0.292. The van der Waals surface area contributed by atoms with Crippen LogP contribution in [0.2, 0.25) is 0 Å². The second kappa shape index (κ2) is 7.31. The first-order chi connectivity index (χ1) is 10.6. The molecule has 0 atom stereocenters. The van der Waals surface area contributed by atoms with Crippen LogP contribution in [0.3, 0.4) is 0 Å². The molecule has 1 aromatic heterocycles. The van der Waals surface area contributed by atoms with E-state index in [-0.39, 0.29) is 23.0 Å². The van der Waals surface area contributed by atoms with Crippen LogP contribution in [0.1, 0.15) is 26.4 Å². The standard InChI is InChI=1S/C16H15FN2O3/c1-22-16(21)12-6-7-14(19-10-12)15(20)18-9-8-11-4-2-3-5-13(11)17/h2-7,10H,8-9H2,1H3,(H,18,20). The molecule has 0 bridgehead atoms. The van der Waals surface area contributed by atoms with E-state index in [1.807, 2.05) is 0 Å². The van der Waals surface area contributed by atoms with Gasteiger partial charge in [0.05, 0.1) is 12.7 Å². The Morgan fingerprint density at radius 2 is 2.00 bits per heavy atom. The van der Waals surface area contributed by atoms with Gasteiger partial charge in [-0.15, -0.1) is 0 Å². The smallest absolute Gasteiger partial charge is 0.339 e. The van der Waals surface area contributed by atoms with Crippen molar-refractivity contribution in [3.05, 3.63) is 65.2 Å². The van der Waals surface area contributed by atoms with Gasteiger partial charge in [-0.05, 0) is 30.2 Å². The summed E-state index contributed by atoms with van der Waals surface area (Å²) in [7, 11) is 1.27. The highest BCUT2D eigenvalue weighted by molar-refractivity contribution is 5.94. The zero-order chi connectivity index (χ0) is 15.9. The lowest BCUT2D eigenvalue weighted by molar-refractivity contribution is 0.0599. The summed E-state index contributed by atoms with van der Waals surface area (Å²) in [5.74, 6) is -1.19. The molecule has 6 heteroatoms. The molecule has 0 aliphatic rings. The quantitative estimate of drug-likeness (QED) is 0.858. The van der Waals surface area contributed by atoms with Crippen molar-refractivity contribution in [1.82, 2.24) is 10.3 Å². The van der Waals surface area contributed by atoms with Gasteiger partial charge < -0.3 is 10.1 Å². The number of methoxy groups -OCH3 is 1. The molecule has 22 heavy (non-hydrogen) atoms. The average Bonchev–Trinajstić information content (AvgIpc) is 2.56. The van der Waals surface area contributed by atoms with Gasteiger partial charge in [0.2, 0.25) is 0 Å². The number of carbonyl (C=O) groups excluding carboxylic acids is 2. The van der Waals surface area contributed by atoms with Crippen molar-refractivity contribution in [3.8, 4) is 0 Å². The topological polar surface area (TPSA) is 68.3 Å². The minimum absolute atomic E-state index is 0.182. The molecule has 2 rings (SSSR count). The monoisotopic (exact) mass is 302 g/mol. The highest BCUT2D eigenvalue weighted by Crippen LogP contribution is 2.06. The van der Waals surface area contributed by atoms with E-state index in [0.717, 1.165) is 0 Å². The van der Waals surface area contributed by atoms with Gasteiger partial charge in [0.25, 0.3) is 5.91 Å². The number of halogens is 1. The molecule has 1 heterocycles. The zero-order valence-corrected chi connectivity index (χ0v) is 12.0. The first-order valence-corrected chi connectivity index (χ1v) is 6.68. The molecule has 5 nitrogen and oxygen atoms in total. The summed E-state index contributed by atoms with van der Waals surface area (Å²) in [5, 5.41) is 2.65. The van der Waals surface area contributed by atoms with Crippen LogP contribution in [-0.2, 0) is 11.2 Å². The van der Waals surface area contributed by atoms with Gasteiger partial charge >= 0.3 is 5.97 Å². The minimum atomic E-state index is -0.515. The fourth-order valence-electron chi connectivity index (χ4n) is 1.87. The Bertz CT molecular complexity index is 671. The normalized spacial score (nSPS) is 10.1. The molecule has 1 N–H and O–H groups in total. The summed E-state index contributed by atoms with van der Waals surface area (Å²) in [5.41, 5.74) is 0.989. The number of esters is 1. The predicted octanol–water partition coefficient (Wildman–Crippen LogP) is 1.98. The van der Waals surface area contributed by atoms with Crippen LogP contribution < -0.4 is 5.32 Å². The number of nitrogens with zero attached hydrogens (tertiary/aromatic N) is 1. The first-order valence-electron chi connectivity index (χ1n) is 6.68. The Balaban J connectivity index is 1.90. The molecule has 1 amide bonds. The number of hydrogen-bond donors (Lipinski definition) is 1. The Labute approximate surface area is 127 Å². The van der Waals surface area contributed by atoms with Gasteiger partial charge in [0.15, 0.2) is 0 Å². The maximum atomic E-state index is 13.4.